The summed E-state index contributed by atoms with van der Waals surface area (Å²) < 4.78 is 32.6. The SMILES string of the molecule is COC(=O)C[C@H](CN1CC[C@@](F)(CCc2ccc3c(n2)NCCC3)C1)c1cccc(OC[C@H]2CCCOC2)c1. The van der Waals surface area contributed by atoms with E-state index in [0.717, 1.165) is 68.3 Å². The first-order valence-corrected chi connectivity index (χ1v) is 14.5. The Balaban J connectivity index is 1.18. The van der Waals surface area contributed by atoms with E-state index in [0.29, 0.717) is 51.4 Å². The van der Waals surface area contributed by atoms with Crippen molar-refractivity contribution in [3.63, 3.8) is 0 Å². The zero-order chi connectivity index (χ0) is 27.1. The van der Waals surface area contributed by atoms with Gasteiger partial charge in [-0.3, -0.25) is 9.69 Å². The summed E-state index contributed by atoms with van der Waals surface area (Å²) in [7, 11) is 1.41. The van der Waals surface area contributed by atoms with Crippen LogP contribution in [0.3, 0.4) is 0 Å². The van der Waals surface area contributed by atoms with Crippen molar-refractivity contribution < 1.29 is 23.4 Å². The fourth-order valence-electron chi connectivity index (χ4n) is 6.03. The van der Waals surface area contributed by atoms with E-state index in [1.165, 1.54) is 12.7 Å². The van der Waals surface area contributed by atoms with E-state index in [4.69, 9.17) is 19.2 Å². The lowest BCUT2D eigenvalue weighted by molar-refractivity contribution is -0.141. The maximum atomic E-state index is 15.9. The van der Waals surface area contributed by atoms with E-state index in [1.54, 1.807) is 0 Å². The summed E-state index contributed by atoms with van der Waals surface area (Å²) >= 11 is 0. The Morgan fingerprint density at radius 3 is 3.08 bits per heavy atom. The summed E-state index contributed by atoms with van der Waals surface area (Å²) in [5.74, 6) is 1.80. The number of benzene rings is 1. The van der Waals surface area contributed by atoms with E-state index in [2.05, 4.69) is 16.3 Å². The largest absolute Gasteiger partial charge is 0.493 e. The highest BCUT2D eigenvalue weighted by atomic mass is 19.1. The molecule has 1 aromatic carbocycles. The van der Waals surface area contributed by atoms with Gasteiger partial charge >= 0.3 is 5.97 Å². The molecule has 2 fully saturated rings. The average molecular weight is 540 g/mol. The van der Waals surface area contributed by atoms with Crippen molar-refractivity contribution in [2.45, 2.75) is 63.0 Å². The number of anilines is 1. The molecule has 1 aromatic heterocycles. The van der Waals surface area contributed by atoms with Gasteiger partial charge in [0, 0.05) is 50.3 Å². The van der Waals surface area contributed by atoms with Crippen molar-refractivity contribution in [2.24, 2.45) is 5.92 Å². The number of ether oxygens (including phenoxy) is 3. The number of methoxy groups -OCH3 is 1. The third-order valence-corrected chi connectivity index (χ3v) is 8.35. The minimum atomic E-state index is -1.26. The number of fused-ring (bicyclic) bond motifs is 1. The maximum absolute atomic E-state index is 15.9. The predicted octanol–water partition coefficient (Wildman–Crippen LogP) is 4.94. The summed E-state index contributed by atoms with van der Waals surface area (Å²) in [5, 5.41) is 3.37. The number of nitrogens with one attached hydrogen (secondary N) is 1. The third-order valence-electron chi connectivity index (χ3n) is 8.35. The first-order valence-electron chi connectivity index (χ1n) is 14.5. The van der Waals surface area contributed by atoms with E-state index >= 15 is 4.39 Å². The highest BCUT2D eigenvalue weighted by molar-refractivity contribution is 5.70. The number of aromatic nitrogens is 1. The molecule has 39 heavy (non-hydrogen) atoms. The number of rotatable bonds is 11. The van der Waals surface area contributed by atoms with Crippen LogP contribution in [-0.2, 0) is 27.1 Å². The van der Waals surface area contributed by atoms with Gasteiger partial charge in [0.15, 0.2) is 0 Å². The van der Waals surface area contributed by atoms with Crippen LogP contribution in [0.5, 0.6) is 5.75 Å². The van der Waals surface area contributed by atoms with Gasteiger partial charge in [0.25, 0.3) is 0 Å². The van der Waals surface area contributed by atoms with Gasteiger partial charge in [-0.1, -0.05) is 18.2 Å². The summed E-state index contributed by atoms with van der Waals surface area (Å²) in [4.78, 5) is 19.2. The maximum Gasteiger partial charge on any atom is 0.306 e. The van der Waals surface area contributed by atoms with Crippen LogP contribution < -0.4 is 10.1 Å². The predicted molar refractivity (Wildman–Crippen MR) is 149 cm³/mol. The van der Waals surface area contributed by atoms with Gasteiger partial charge in [0.05, 0.1) is 26.7 Å². The number of esters is 1. The number of likely N-dealkylation sites (tertiary alicyclic amines) is 1. The third kappa shape index (κ3) is 7.70. The zero-order valence-corrected chi connectivity index (χ0v) is 23.1. The number of halogens is 1. The monoisotopic (exact) mass is 539 g/mol. The highest BCUT2D eigenvalue weighted by Crippen LogP contribution is 2.34. The van der Waals surface area contributed by atoms with Crippen LogP contribution in [0, 0.1) is 5.92 Å². The van der Waals surface area contributed by atoms with Crippen LogP contribution >= 0.6 is 0 Å². The number of hydrogen-bond acceptors (Lipinski definition) is 7. The second-order valence-electron chi connectivity index (χ2n) is 11.4. The van der Waals surface area contributed by atoms with Crippen molar-refractivity contribution in [1.82, 2.24) is 9.88 Å². The van der Waals surface area contributed by atoms with Crippen molar-refractivity contribution in [3.8, 4) is 5.75 Å². The minimum absolute atomic E-state index is 0.102. The quantitative estimate of drug-likeness (QED) is 0.406. The number of carbonyl (C=O) groups excluding carboxylic acids is 1. The normalized spacial score (nSPS) is 24.0. The first-order chi connectivity index (χ1) is 19.0. The van der Waals surface area contributed by atoms with Crippen molar-refractivity contribution in [2.75, 3.05) is 58.4 Å². The molecule has 0 bridgehead atoms. The average Bonchev–Trinajstić information content (AvgIpc) is 3.35. The molecule has 4 heterocycles. The lowest BCUT2D eigenvalue weighted by atomic mass is 9.94. The molecular weight excluding hydrogens is 497 g/mol. The number of hydrogen-bond donors (Lipinski definition) is 1. The van der Waals surface area contributed by atoms with Gasteiger partial charge in [-0.25, -0.2) is 9.37 Å². The van der Waals surface area contributed by atoms with E-state index in [1.807, 2.05) is 30.3 Å². The molecule has 3 aliphatic heterocycles. The Morgan fingerprint density at radius 2 is 2.23 bits per heavy atom. The van der Waals surface area contributed by atoms with Gasteiger partial charge in [-0.05, 0) is 74.3 Å². The molecule has 0 saturated carbocycles. The Morgan fingerprint density at radius 1 is 1.31 bits per heavy atom. The van der Waals surface area contributed by atoms with Gasteiger partial charge in [0.2, 0.25) is 0 Å². The van der Waals surface area contributed by atoms with Crippen LogP contribution in [-0.4, -0.2) is 74.6 Å². The molecule has 0 aliphatic carbocycles. The summed E-state index contributed by atoms with van der Waals surface area (Å²) in [5.41, 5.74) is 1.95. The molecule has 0 amide bonds. The number of pyridine rings is 1. The molecular formula is C31H42FN3O4. The Kier molecular flexibility index (Phi) is 9.35. The molecule has 2 saturated heterocycles. The number of carbonyl (C=O) groups is 1. The van der Waals surface area contributed by atoms with Gasteiger partial charge < -0.3 is 19.5 Å². The van der Waals surface area contributed by atoms with Crippen LogP contribution in [0.25, 0.3) is 0 Å². The molecule has 2 aromatic rings. The van der Waals surface area contributed by atoms with Gasteiger partial charge in [-0.2, -0.15) is 0 Å². The Bertz CT molecular complexity index is 1110. The smallest absolute Gasteiger partial charge is 0.306 e. The summed E-state index contributed by atoms with van der Waals surface area (Å²) in [6, 6.07) is 12.1. The lowest BCUT2D eigenvalue weighted by Crippen LogP contribution is -2.33. The Labute approximate surface area is 231 Å². The topological polar surface area (TPSA) is 72.9 Å². The fourth-order valence-corrected chi connectivity index (χ4v) is 6.03. The van der Waals surface area contributed by atoms with E-state index in [9.17, 15) is 4.79 Å². The first kappa shape index (κ1) is 27.8. The molecule has 212 valence electrons. The molecule has 0 unspecified atom stereocenters. The Hall–Kier alpha value is -2.71. The number of nitrogens with zero attached hydrogens (tertiary/aromatic N) is 2. The van der Waals surface area contributed by atoms with Crippen LogP contribution in [0.4, 0.5) is 10.2 Å². The molecule has 3 atom stereocenters. The zero-order valence-electron chi connectivity index (χ0n) is 23.1. The van der Waals surface area contributed by atoms with Gasteiger partial charge in [0.1, 0.15) is 17.2 Å². The second-order valence-corrected chi connectivity index (χ2v) is 11.4. The molecule has 5 rings (SSSR count). The molecule has 0 spiro atoms. The number of aryl methyl sites for hydroxylation is 2. The van der Waals surface area contributed by atoms with Crippen molar-refractivity contribution in [1.29, 1.82) is 0 Å². The standard InChI is InChI=1S/C31H42FN3O4/c1-37-29(36)18-26(25-6-2-8-28(17-25)39-21-23-5-4-16-38-20-23)19-35-15-13-31(32,22-35)12-11-27-10-9-24-7-3-14-33-30(24)34-27/h2,6,8-10,17,23,26H,3-5,7,11-16,18-22H2,1H3,(H,33,34)/t23-,26+,31-/m0/s1. The molecule has 1 N–H and O–H groups in total. The molecule has 0 radical (unpaired) electrons. The van der Waals surface area contributed by atoms with Crippen LogP contribution in [0.2, 0.25) is 0 Å². The van der Waals surface area contributed by atoms with E-state index in [-0.39, 0.29) is 18.3 Å². The second kappa shape index (κ2) is 13.1. The van der Waals surface area contributed by atoms with Crippen LogP contribution in [0.1, 0.15) is 61.3 Å². The van der Waals surface area contributed by atoms with Gasteiger partial charge in [-0.15, -0.1) is 0 Å². The van der Waals surface area contributed by atoms with Crippen molar-refractivity contribution >= 4 is 11.8 Å². The highest BCUT2D eigenvalue weighted by Gasteiger charge is 2.39. The van der Waals surface area contributed by atoms with E-state index < -0.39 is 5.67 Å². The van der Waals surface area contributed by atoms with Crippen LogP contribution in [0.15, 0.2) is 36.4 Å². The number of alkyl halides is 1. The summed E-state index contributed by atoms with van der Waals surface area (Å²) in [6.45, 7) is 4.78. The minimum Gasteiger partial charge on any atom is -0.493 e. The molecule has 7 nitrogen and oxygen atoms in total. The fraction of sp³-hybridized carbons (Fsp3) is 0.613. The lowest BCUT2D eigenvalue weighted by Gasteiger charge is -2.26. The molecule has 3 aliphatic rings. The molecule has 8 heteroatoms. The summed E-state index contributed by atoms with van der Waals surface area (Å²) in [6.07, 6.45) is 6.18. The van der Waals surface area contributed by atoms with Crippen molar-refractivity contribution in [3.05, 3.63) is 53.2 Å².